The molecule has 0 spiro atoms. The summed E-state index contributed by atoms with van der Waals surface area (Å²) in [6.07, 6.45) is 2.21. The van der Waals surface area contributed by atoms with Crippen LogP contribution in [0.15, 0.2) is 41.4 Å². The number of nitrogens with zero attached hydrogens (tertiary/aromatic N) is 2. The Hall–Kier alpha value is -2.78. The van der Waals surface area contributed by atoms with Gasteiger partial charge < -0.3 is 18.8 Å². The first-order chi connectivity index (χ1) is 15.1. The second-order valence-corrected chi connectivity index (χ2v) is 8.80. The van der Waals surface area contributed by atoms with E-state index in [0.29, 0.717) is 28.5 Å². The summed E-state index contributed by atoms with van der Waals surface area (Å²) in [5, 5.41) is 0. The summed E-state index contributed by atoms with van der Waals surface area (Å²) in [5.74, 6) is 1.62. The molecule has 2 aromatic carbocycles. The third-order valence-corrected chi connectivity index (χ3v) is 6.36. The number of benzene rings is 2. The molecule has 162 valence electrons. The SMILES string of the molecule is CCOC(=O)c1ccc2c(c1)sc(=NC(=O)Cc1ccc3c(c1)OCO3)n2CCSC. The molecule has 31 heavy (non-hydrogen) atoms. The molecular weight excluding hydrogens is 436 g/mol. The number of esters is 1. The van der Waals surface area contributed by atoms with Crippen LogP contribution in [-0.4, -0.2) is 41.9 Å². The number of thioether (sulfide) groups is 1. The molecule has 2 heterocycles. The second kappa shape index (κ2) is 9.57. The number of aryl methyl sites for hydroxylation is 1. The van der Waals surface area contributed by atoms with Crippen LogP contribution < -0.4 is 14.3 Å². The third kappa shape index (κ3) is 4.77. The largest absolute Gasteiger partial charge is 0.462 e. The lowest BCUT2D eigenvalue weighted by atomic mass is 10.1. The first-order valence-electron chi connectivity index (χ1n) is 9.84. The Labute approximate surface area is 187 Å². The zero-order chi connectivity index (χ0) is 21.8. The number of carbonyl (C=O) groups is 2. The topological polar surface area (TPSA) is 79.1 Å². The highest BCUT2D eigenvalue weighted by atomic mass is 32.2. The van der Waals surface area contributed by atoms with Gasteiger partial charge in [-0.3, -0.25) is 4.79 Å². The van der Waals surface area contributed by atoms with E-state index in [0.717, 1.165) is 28.1 Å². The molecule has 9 heteroatoms. The molecule has 1 aliphatic heterocycles. The van der Waals surface area contributed by atoms with Crippen LogP contribution in [0.1, 0.15) is 22.8 Å². The fraction of sp³-hybridized carbons (Fsp3) is 0.318. The molecule has 1 aromatic heterocycles. The van der Waals surface area contributed by atoms with E-state index in [9.17, 15) is 9.59 Å². The summed E-state index contributed by atoms with van der Waals surface area (Å²) in [7, 11) is 0. The first-order valence-corrected chi connectivity index (χ1v) is 12.1. The summed E-state index contributed by atoms with van der Waals surface area (Å²) in [4.78, 5) is 29.8. The molecule has 7 nitrogen and oxygen atoms in total. The van der Waals surface area contributed by atoms with Crippen molar-refractivity contribution in [3.63, 3.8) is 0 Å². The van der Waals surface area contributed by atoms with Gasteiger partial charge in [0.25, 0.3) is 5.91 Å². The Balaban J connectivity index is 1.66. The van der Waals surface area contributed by atoms with Crippen molar-refractivity contribution in [2.24, 2.45) is 4.99 Å². The average Bonchev–Trinajstić information content (AvgIpc) is 3.35. The Morgan fingerprint density at radius 2 is 2.03 bits per heavy atom. The minimum absolute atomic E-state index is 0.168. The molecule has 0 saturated carbocycles. The van der Waals surface area contributed by atoms with E-state index in [1.54, 1.807) is 36.9 Å². The van der Waals surface area contributed by atoms with E-state index in [2.05, 4.69) is 4.99 Å². The standard InChI is InChI=1S/C22H22N2O5S2/c1-3-27-21(26)15-5-6-16-19(12-15)31-22(24(16)8-9-30-2)23-20(25)11-14-4-7-17-18(10-14)29-13-28-17/h4-7,10,12H,3,8-9,11,13H2,1-2H3. The second-order valence-electron chi connectivity index (χ2n) is 6.80. The van der Waals surface area contributed by atoms with Crippen LogP contribution in [0.3, 0.4) is 0 Å². The third-order valence-electron chi connectivity index (χ3n) is 4.73. The number of carbonyl (C=O) groups excluding carboxylic acids is 2. The lowest BCUT2D eigenvalue weighted by Crippen LogP contribution is -2.18. The van der Waals surface area contributed by atoms with Gasteiger partial charge in [-0.15, -0.1) is 0 Å². The molecule has 0 bridgehead atoms. The minimum atomic E-state index is -0.356. The van der Waals surface area contributed by atoms with Crippen LogP contribution in [-0.2, 0) is 22.5 Å². The van der Waals surface area contributed by atoms with Crippen molar-refractivity contribution in [1.82, 2.24) is 4.57 Å². The summed E-state index contributed by atoms with van der Waals surface area (Å²) in [6, 6.07) is 10.9. The monoisotopic (exact) mass is 458 g/mol. The Bertz CT molecular complexity index is 1200. The van der Waals surface area contributed by atoms with Crippen molar-refractivity contribution in [2.45, 2.75) is 19.9 Å². The van der Waals surface area contributed by atoms with Gasteiger partial charge in [0.05, 0.1) is 28.8 Å². The molecule has 0 saturated heterocycles. The van der Waals surface area contributed by atoms with Crippen molar-refractivity contribution in [3.05, 3.63) is 52.3 Å². The lowest BCUT2D eigenvalue weighted by Gasteiger charge is -2.05. The average molecular weight is 459 g/mol. The van der Waals surface area contributed by atoms with Gasteiger partial charge in [-0.05, 0) is 49.1 Å². The number of rotatable bonds is 7. The zero-order valence-electron chi connectivity index (χ0n) is 17.3. The summed E-state index contributed by atoms with van der Waals surface area (Å²) < 4.78 is 18.7. The predicted molar refractivity (Wildman–Crippen MR) is 121 cm³/mol. The summed E-state index contributed by atoms with van der Waals surface area (Å²) in [5.41, 5.74) is 2.26. The molecule has 0 unspecified atom stereocenters. The zero-order valence-corrected chi connectivity index (χ0v) is 18.9. The van der Waals surface area contributed by atoms with E-state index in [1.165, 1.54) is 11.3 Å². The molecule has 1 aliphatic rings. The van der Waals surface area contributed by atoms with Gasteiger partial charge in [-0.2, -0.15) is 16.8 Å². The van der Waals surface area contributed by atoms with Gasteiger partial charge >= 0.3 is 5.97 Å². The van der Waals surface area contributed by atoms with Crippen LogP contribution >= 0.6 is 23.1 Å². The Kier molecular flexibility index (Phi) is 6.62. The van der Waals surface area contributed by atoms with Crippen LogP contribution in [0.4, 0.5) is 0 Å². The van der Waals surface area contributed by atoms with Gasteiger partial charge in [-0.25, -0.2) is 4.79 Å². The number of hydrogen-bond acceptors (Lipinski definition) is 7. The molecule has 0 fully saturated rings. The van der Waals surface area contributed by atoms with Crippen LogP contribution in [0.25, 0.3) is 10.2 Å². The minimum Gasteiger partial charge on any atom is -0.462 e. The van der Waals surface area contributed by atoms with E-state index < -0.39 is 0 Å². The number of fused-ring (bicyclic) bond motifs is 2. The maximum absolute atomic E-state index is 12.7. The molecule has 0 radical (unpaired) electrons. The molecule has 1 amide bonds. The molecule has 4 rings (SSSR count). The predicted octanol–water partition coefficient (Wildman–Crippen LogP) is 3.64. The smallest absolute Gasteiger partial charge is 0.338 e. The summed E-state index contributed by atoms with van der Waals surface area (Å²) in [6.45, 7) is 3.02. The van der Waals surface area contributed by atoms with E-state index in [-0.39, 0.29) is 25.1 Å². The Morgan fingerprint density at radius 1 is 1.19 bits per heavy atom. The van der Waals surface area contributed by atoms with Crippen molar-refractivity contribution in [3.8, 4) is 11.5 Å². The number of thiazole rings is 1. The normalized spacial score (nSPS) is 13.0. The van der Waals surface area contributed by atoms with E-state index in [4.69, 9.17) is 14.2 Å². The van der Waals surface area contributed by atoms with E-state index in [1.807, 2.05) is 29.0 Å². The van der Waals surface area contributed by atoms with Gasteiger partial charge in [0.15, 0.2) is 16.3 Å². The number of aromatic nitrogens is 1. The maximum Gasteiger partial charge on any atom is 0.338 e. The fourth-order valence-corrected chi connectivity index (χ4v) is 4.75. The lowest BCUT2D eigenvalue weighted by molar-refractivity contribution is -0.117. The highest BCUT2D eigenvalue weighted by Gasteiger charge is 2.15. The van der Waals surface area contributed by atoms with Crippen molar-refractivity contribution in [1.29, 1.82) is 0 Å². The number of hydrogen-bond donors (Lipinski definition) is 0. The maximum atomic E-state index is 12.7. The van der Waals surface area contributed by atoms with Gasteiger partial charge in [-0.1, -0.05) is 17.4 Å². The van der Waals surface area contributed by atoms with Gasteiger partial charge in [0.1, 0.15) is 0 Å². The van der Waals surface area contributed by atoms with Crippen molar-refractivity contribution < 1.29 is 23.8 Å². The van der Waals surface area contributed by atoms with Gasteiger partial charge in [0.2, 0.25) is 6.79 Å². The molecular formula is C22H22N2O5S2. The molecule has 3 aromatic rings. The van der Waals surface area contributed by atoms with Gasteiger partial charge in [0, 0.05) is 12.3 Å². The molecule has 0 N–H and O–H groups in total. The number of ether oxygens (including phenoxy) is 3. The Morgan fingerprint density at radius 3 is 2.84 bits per heavy atom. The molecule has 0 aliphatic carbocycles. The molecule has 0 atom stereocenters. The highest BCUT2D eigenvalue weighted by molar-refractivity contribution is 7.98. The highest BCUT2D eigenvalue weighted by Crippen LogP contribution is 2.32. The van der Waals surface area contributed by atoms with Crippen LogP contribution in [0.5, 0.6) is 11.5 Å². The van der Waals surface area contributed by atoms with Crippen molar-refractivity contribution >= 4 is 45.2 Å². The fourth-order valence-electron chi connectivity index (χ4n) is 3.27. The first kappa shape index (κ1) is 21.5. The quantitative estimate of drug-likeness (QED) is 0.503. The van der Waals surface area contributed by atoms with Crippen molar-refractivity contribution in [2.75, 3.05) is 25.4 Å². The van der Waals surface area contributed by atoms with Crippen LogP contribution in [0, 0.1) is 0 Å². The van der Waals surface area contributed by atoms with E-state index >= 15 is 0 Å². The van der Waals surface area contributed by atoms with Crippen LogP contribution in [0.2, 0.25) is 0 Å². The summed E-state index contributed by atoms with van der Waals surface area (Å²) >= 11 is 3.12. The number of amides is 1.